The summed E-state index contributed by atoms with van der Waals surface area (Å²) in [5, 5.41) is 0.282. The van der Waals surface area contributed by atoms with Gasteiger partial charge in [-0.15, -0.1) is 0 Å². The monoisotopic (exact) mass is 161 g/mol. The minimum atomic E-state index is -0.389. The van der Waals surface area contributed by atoms with Crippen molar-refractivity contribution in [3.63, 3.8) is 0 Å². The molecular formula is C7H15NOS. The average Bonchev–Trinajstić information content (AvgIpc) is 1.86. The molecule has 1 atom stereocenters. The summed E-state index contributed by atoms with van der Waals surface area (Å²) in [6, 6.07) is 0. The molecule has 1 unspecified atom stereocenters. The molecule has 0 aromatic carbocycles. The van der Waals surface area contributed by atoms with Gasteiger partial charge >= 0.3 is 0 Å². The summed E-state index contributed by atoms with van der Waals surface area (Å²) in [4.78, 5) is 10.8. The summed E-state index contributed by atoms with van der Waals surface area (Å²) < 4.78 is 0. The predicted molar refractivity (Wildman–Crippen MR) is 46.0 cm³/mol. The van der Waals surface area contributed by atoms with E-state index in [9.17, 15) is 4.79 Å². The summed E-state index contributed by atoms with van der Waals surface area (Å²) in [5.74, 6) is -0.227. The summed E-state index contributed by atoms with van der Waals surface area (Å²) in [5.41, 5.74) is 4.80. The first-order chi connectivity index (χ1) is 4.42. The molecule has 0 aliphatic carbocycles. The fourth-order valence-electron chi connectivity index (χ4n) is 0.495. The van der Waals surface area contributed by atoms with Gasteiger partial charge in [0.1, 0.15) is 0 Å². The fraction of sp³-hybridized carbons (Fsp3) is 0.857. The molecule has 0 radical (unpaired) electrons. The van der Waals surface area contributed by atoms with Crippen molar-refractivity contribution < 1.29 is 4.79 Å². The van der Waals surface area contributed by atoms with E-state index in [2.05, 4.69) is 0 Å². The summed E-state index contributed by atoms with van der Waals surface area (Å²) in [6.07, 6.45) is 1.98. The van der Waals surface area contributed by atoms with Crippen molar-refractivity contribution >= 4 is 17.7 Å². The number of thioether (sulfide) groups is 1. The lowest BCUT2D eigenvalue weighted by Gasteiger charge is -2.26. The number of rotatable bonds is 3. The van der Waals surface area contributed by atoms with Crippen LogP contribution in [-0.4, -0.2) is 17.4 Å². The van der Waals surface area contributed by atoms with Crippen LogP contribution in [0.2, 0.25) is 0 Å². The van der Waals surface area contributed by atoms with Crippen LogP contribution >= 0.6 is 11.8 Å². The van der Waals surface area contributed by atoms with Crippen LogP contribution < -0.4 is 5.73 Å². The van der Waals surface area contributed by atoms with Crippen LogP contribution in [-0.2, 0) is 4.79 Å². The molecule has 3 heteroatoms. The summed E-state index contributed by atoms with van der Waals surface area (Å²) in [6.45, 7) is 5.75. The number of carbonyl (C=O) groups is 1. The van der Waals surface area contributed by atoms with E-state index < -0.39 is 0 Å². The SMILES string of the molecule is CSC(C)C(C)(C)C(N)=O. The van der Waals surface area contributed by atoms with Gasteiger partial charge in [-0.1, -0.05) is 6.92 Å². The van der Waals surface area contributed by atoms with Gasteiger partial charge in [0.25, 0.3) is 0 Å². The lowest BCUT2D eigenvalue weighted by Crippen LogP contribution is -2.38. The molecular weight excluding hydrogens is 146 g/mol. The van der Waals surface area contributed by atoms with Crippen molar-refractivity contribution in [2.24, 2.45) is 11.1 Å². The van der Waals surface area contributed by atoms with Crippen molar-refractivity contribution in [2.75, 3.05) is 6.26 Å². The van der Waals surface area contributed by atoms with Gasteiger partial charge in [0, 0.05) is 5.25 Å². The Bertz CT molecular complexity index is 134. The van der Waals surface area contributed by atoms with E-state index in [1.165, 1.54) is 0 Å². The van der Waals surface area contributed by atoms with Crippen LogP contribution in [0.1, 0.15) is 20.8 Å². The Morgan fingerprint density at radius 1 is 1.60 bits per heavy atom. The molecule has 0 saturated carbocycles. The van der Waals surface area contributed by atoms with E-state index in [0.717, 1.165) is 0 Å². The van der Waals surface area contributed by atoms with E-state index in [1.807, 2.05) is 27.0 Å². The molecule has 2 nitrogen and oxygen atoms in total. The smallest absolute Gasteiger partial charge is 0.224 e. The van der Waals surface area contributed by atoms with Crippen LogP contribution in [0, 0.1) is 5.41 Å². The number of hydrogen-bond acceptors (Lipinski definition) is 2. The third kappa shape index (κ3) is 1.90. The number of nitrogens with two attached hydrogens (primary N) is 1. The van der Waals surface area contributed by atoms with Crippen LogP contribution in [0.25, 0.3) is 0 Å². The van der Waals surface area contributed by atoms with E-state index in [4.69, 9.17) is 5.73 Å². The zero-order valence-electron chi connectivity index (χ0n) is 6.97. The van der Waals surface area contributed by atoms with Gasteiger partial charge in [-0.3, -0.25) is 4.79 Å². The van der Waals surface area contributed by atoms with Crippen molar-refractivity contribution in [2.45, 2.75) is 26.0 Å². The van der Waals surface area contributed by atoms with Crippen molar-refractivity contribution in [3.05, 3.63) is 0 Å². The maximum atomic E-state index is 10.8. The topological polar surface area (TPSA) is 43.1 Å². The predicted octanol–water partition coefficient (Wildman–Crippen LogP) is 1.25. The number of hydrogen-bond donors (Lipinski definition) is 1. The summed E-state index contributed by atoms with van der Waals surface area (Å²) >= 11 is 1.66. The molecule has 0 heterocycles. The van der Waals surface area contributed by atoms with Crippen LogP contribution in [0.5, 0.6) is 0 Å². The first-order valence-corrected chi connectivity index (χ1v) is 4.54. The van der Waals surface area contributed by atoms with Gasteiger partial charge in [-0.25, -0.2) is 0 Å². The zero-order chi connectivity index (χ0) is 8.36. The van der Waals surface area contributed by atoms with Crippen LogP contribution in [0.3, 0.4) is 0 Å². The maximum Gasteiger partial charge on any atom is 0.224 e. The Morgan fingerprint density at radius 3 is 2.10 bits per heavy atom. The fourth-order valence-corrected chi connectivity index (χ4v) is 1.20. The quantitative estimate of drug-likeness (QED) is 0.677. The van der Waals surface area contributed by atoms with E-state index in [-0.39, 0.29) is 16.6 Å². The Hall–Kier alpha value is -0.180. The number of primary amides is 1. The highest BCUT2D eigenvalue weighted by Gasteiger charge is 2.30. The first kappa shape index (κ1) is 9.82. The minimum absolute atomic E-state index is 0.227. The average molecular weight is 161 g/mol. The molecule has 2 N–H and O–H groups in total. The Kier molecular flexibility index (Phi) is 3.22. The molecule has 0 spiro atoms. The highest BCUT2D eigenvalue weighted by Crippen LogP contribution is 2.28. The largest absolute Gasteiger partial charge is 0.369 e. The van der Waals surface area contributed by atoms with Gasteiger partial charge in [0.2, 0.25) is 5.91 Å². The standard InChI is InChI=1S/C7H15NOS/c1-5(10-4)7(2,3)6(8)9/h5H,1-4H3,(H2,8,9). The molecule has 60 valence electrons. The normalized spacial score (nSPS) is 14.8. The van der Waals surface area contributed by atoms with Gasteiger partial charge < -0.3 is 5.73 Å². The molecule has 0 fully saturated rings. The highest BCUT2D eigenvalue weighted by molar-refractivity contribution is 7.99. The molecule has 0 aromatic rings. The second kappa shape index (κ2) is 3.28. The molecule has 0 saturated heterocycles. The van der Waals surface area contributed by atoms with Crippen LogP contribution in [0.4, 0.5) is 0 Å². The van der Waals surface area contributed by atoms with E-state index >= 15 is 0 Å². The molecule has 0 aliphatic heterocycles. The van der Waals surface area contributed by atoms with Crippen molar-refractivity contribution in [3.8, 4) is 0 Å². The molecule has 0 aliphatic rings. The van der Waals surface area contributed by atoms with E-state index in [1.54, 1.807) is 11.8 Å². The lowest BCUT2D eigenvalue weighted by atomic mass is 9.89. The molecule has 0 bridgehead atoms. The third-order valence-corrected chi connectivity index (χ3v) is 3.30. The molecule has 0 rings (SSSR count). The number of amides is 1. The molecule has 1 amide bonds. The molecule has 10 heavy (non-hydrogen) atoms. The Balaban J connectivity index is 4.23. The lowest BCUT2D eigenvalue weighted by molar-refractivity contribution is -0.125. The first-order valence-electron chi connectivity index (χ1n) is 3.25. The number of carbonyl (C=O) groups excluding carboxylic acids is 1. The maximum absolute atomic E-state index is 10.8. The van der Waals surface area contributed by atoms with Crippen LogP contribution in [0.15, 0.2) is 0 Å². The third-order valence-electron chi connectivity index (χ3n) is 2.00. The second-order valence-corrected chi connectivity index (χ2v) is 4.14. The van der Waals surface area contributed by atoms with Crippen molar-refractivity contribution in [1.29, 1.82) is 0 Å². The minimum Gasteiger partial charge on any atom is -0.369 e. The molecule has 0 aromatic heterocycles. The van der Waals surface area contributed by atoms with Gasteiger partial charge in [-0.05, 0) is 20.1 Å². The zero-order valence-corrected chi connectivity index (χ0v) is 7.79. The van der Waals surface area contributed by atoms with Gasteiger partial charge in [0.15, 0.2) is 0 Å². The van der Waals surface area contributed by atoms with Gasteiger partial charge in [-0.2, -0.15) is 11.8 Å². The van der Waals surface area contributed by atoms with Crippen molar-refractivity contribution in [1.82, 2.24) is 0 Å². The van der Waals surface area contributed by atoms with Gasteiger partial charge in [0.05, 0.1) is 5.41 Å². The highest BCUT2D eigenvalue weighted by atomic mass is 32.2. The second-order valence-electron chi connectivity index (χ2n) is 2.96. The Labute approximate surface area is 66.6 Å². The van der Waals surface area contributed by atoms with E-state index in [0.29, 0.717) is 0 Å². The summed E-state index contributed by atoms with van der Waals surface area (Å²) in [7, 11) is 0. The Morgan fingerprint density at radius 2 is 2.00 bits per heavy atom.